The van der Waals surface area contributed by atoms with Crippen molar-refractivity contribution in [2.75, 3.05) is 44.4 Å². The van der Waals surface area contributed by atoms with Crippen molar-refractivity contribution in [2.24, 2.45) is 7.05 Å². The third-order valence-electron chi connectivity index (χ3n) is 6.56. The predicted molar refractivity (Wildman–Crippen MR) is 164 cm³/mol. The second-order valence-electron chi connectivity index (χ2n) is 10.4. The molecule has 0 bridgehead atoms. The van der Waals surface area contributed by atoms with Crippen molar-refractivity contribution in [1.82, 2.24) is 19.4 Å². The van der Waals surface area contributed by atoms with E-state index >= 15 is 0 Å². The number of hydrogen-bond donors (Lipinski definition) is 1. The van der Waals surface area contributed by atoms with E-state index in [-0.39, 0.29) is 30.1 Å². The van der Waals surface area contributed by atoms with E-state index in [9.17, 15) is 14.9 Å². The van der Waals surface area contributed by atoms with E-state index in [1.807, 2.05) is 87.7 Å². The number of hydrogen-bond acceptors (Lipinski definition) is 9. The minimum atomic E-state index is -0.370. The molecule has 11 nitrogen and oxygen atoms in total. The van der Waals surface area contributed by atoms with Crippen LogP contribution in [0.1, 0.15) is 37.2 Å². The van der Waals surface area contributed by atoms with Crippen LogP contribution in [0.5, 0.6) is 0 Å². The molecule has 0 aliphatic rings. The highest BCUT2D eigenvalue weighted by atomic mass is 16.6. The van der Waals surface area contributed by atoms with Crippen LogP contribution >= 0.6 is 0 Å². The molecule has 0 spiro atoms. The molecule has 0 radical (unpaired) electrons. The molecule has 4 aromatic rings. The first kappa shape index (κ1) is 31.0. The SMILES string of the molecule is C.Cc1cc(N(C)CCN(C)C)c([N+](=O)[O-])cc1Nc1nccc(-c2cn(C)c3cc(C(=O)OC(C)C)ccc23)n1. The number of benzene rings is 2. The Morgan fingerprint density at radius 3 is 2.54 bits per heavy atom. The Morgan fingerprint density at radius 2 is 1.88 bits per heavy atom. The molecule has 0 amide bonds. The lowest BCUT2D eigenvalue weighted by atomic mass is 10.1. The number of nitro benzene ring substituents is 1. The van der Waals surface area contributed by atoms with Gasteiger partial charge in [-0.3, -0.25) is 10.1 Å². The average Bonchev–Trinajstić information content (AvgIpc) is 3.23. The molecule has 11 heteroatoms. The number of nitrogens with one attached hydrogen (secondary N) is 1. The maximum absolute atomic E-state index is 12.4. The number of carbonyl (C=O) groups is 1. The lowest BCUT2D eigenvalue weighted by molar-refractivity contribution is -0.384. The van der Waals surface area contributed by atoms with Crippen molar-refractivity contribution in [1.29, 1.82) is 0 Å². The van der Waals surface area contributed by atoms with Gasteiger partial charge in [0.25, 0.3) is 5.69 Å². The average molecular weight is 562 g/mol. The number of fused-ring (bicyclic) bond motifs is 1. The summed E-state index contributed by atoms with van der Waals surface area (Å²) in [6, 6.07) is 10.6. The topological polar surface area (TPSA) is 119 Å². The number of aromatic nitrogens is 3. The lowest BCUT2D eigenvalue weighted by Gasteiger charge is -2.22. The van der Waals surface area contributed by atoms with E-state index in [0.717, 1.165) is 28.6 Å². The van der Waals surface area contributed by atoms with E-state index in [2.05, 4.69) is 10.3 Å². The van der Waals surface area contributed by atoms with Gasteiger partial charge in [0, 0.05) is 62.1 Å². The number of nitro groups is 1. The number of carbonyl (C=O) groups excluding carboxylic acids is 1. The summed E-state index contributed by atoms with van der Waals surface area (Å²) in [5.41, 5.74) is 4.83. The minimum absolute atomic E-state index is 0. The first-order chi connectivity index (χ1) is 18.9. The molecule has 2 aromatic carbocycles. The molecule has 2 heterocycles. The van der Waals surface area contributed by atoms with Gasteiger partial charge in [-0.1, -0.05) is 13.5 Å². The number of rotatable bonds is 10. The standard InChI is InChI=1S/C29H35N7O4.CH4/c1-18(2)40-28(37)20-8-9-21-22(17-35(7)25(21)15-20)23-10-11-30-29(31-23)32-24-16-27(36(38)39)26(14-19(24)3)34(6)13-12-33(4)5;/h8-11,14-18H,12-13H2,1-7H3,(H,30,31,32);1H4. The fraction of sp³-hybridized carbons (Fsp3) is 0.367. The van der Waals surface area contributed by atoms with Crippen LogP contribution < -0.4 is 10.2 Å². The summed E-state index contributed by atoms with van der Waals surface area (Å²) >= 11 is 0. The Bertz CT molecular complexity index is 1560. The van der Waals surface area contributed by atoms with Gasteiger partial charge in [0.1, 0.15) is 5.69 Å². The zero-order chi connectivity index (χ0) is 29.1. The number of nitrogens with zero attached hydrogens (tertiary/aromatic N) is 6. The molecule has 4 rings (SSSR count). The van der Waals surface area contributed by atoms with E-state index in [1.54, 1.807) is 18.3 Å². The van der Waals surface area contributed by atoms with Gasteiger partial charge < -0.3 is 24.4 Å². The van der Waals surface area contributed by atoms with Gasteiger partial charge in [0.2, 0.25) is 5.95 Å². The summed E-state index contributed by atoms with van der Waals surface area (Å²) in [5, 5.41) is 16.0. The highest BCUT2D eigenvalue weighted by Crippen LogP contribution is 2.35. The molecular weight excluding hydrogens is 522 g/mol. The third-order valence-corrected chi connectivity index (χ3v) is 6.56. The molecule has 0 saturated carbocycles. The molecular formula is C30H39N7O4. The van der Waals surface area contributed by atoms with E-state index in [0.29, 0.717) is 35.1 Å². The Labute approximate surface area is 240 Å². The normalized spacial score (nSPS) is 11.0. The van der Waals surface area contributed by atoms with Crippen LogP contribution in [0.2, 0.25) is 0 Å². The monoisotopic (exact) mass is 561 g/mol. The maximum Gasteiger partial charge on any atom is 0.338 e. The summed E-state index contributed by atoms with van der Waals surface area (Å²) in [5.74, 6) is -0.0507. The molecule has 218 valence electrons. The largest absolute Gasteiger partial charge is 0.459 e. The molecule has 0 aliphatic carbocycles. The molecule has 0 saturated heterocycles. The van der Waals surface area contributed by atoms with Crippen LogP contribution in [0, 0.1) is 17.0 Å². The summed E-state index contributed by atoms with van der Waals surface area (Å²) in [7, 11) is 7.69. The maximum atomic E-state index is 12.4. The Balaban J connectivity index is 0.00000462. The second kappa shape index (κ2) is 12.8. The Kier molecular flexibility index (Phi) is 9.67. The molecule has 0 aliphatic heterocycles. The van der Waals surface area contributed by atoms with Crippen molar-refractivity contribution in [3.05, 3.63) is 70.0 Å². The number of ether oxygens (including phenoxy) is 1. The Morgan fingerprint density at radius 1 is 1.15 bits per heavy atom. The number of anilines is 3. The van der Waals surface area contributed by atoms with Crippen molar-refractivity contribution in [3.63, 3.8) is 0 Å². The van der Waals surface area contributed by atoms with Crippen LogP contribution in [-0.2, 0) is 11.8 Å². The molecule has 0 unspecified atom stereocenters. The van der Waals surface area contributed by atoms with Gasteiger partial charge in [-0.25, -0.2) is 14.8 Å². The lowest BCUT2D eigenvalue weighted by Crippen LogP contribution is -2.29. The molecule has 1 N–H and O–H groups in total. The van der Waals surface area contributed by atoms with Crippen LogP contribution in [0.25, 0.3) is 22.2 Å². The predicted octanol–water partition coefficient (Wildman–Crippen LogP) is 5.79. The van der Waals surface area contributed by atoms with Gasteiger partial charge in [0.05, 0.1) is 28.0 Å². The van der Waals surface area contributed by atoms with E-state index in [1.165, 1.54) is 6.07 Å². The summed E-state index contributed by atoms with van der Waals surface area (Å²) < 4.78 is 7.28. The molecule has 41 heavy (non-hydrogen) atoms. The van der Waals surface area contributed by atoms with Gasteiger partial charge in [-0.15, -0.1) is 0 Å². The summed E-state index contributed by atoms with van der Waals surface area (Å²) in [6.45, 7) is 6.95. The molecule has 0 atom stereocenters. The zero-order valence-corrected chi connectivity index (χ0v) is 23.9. The zero-order valence-electron chi connectivity index (χ0n) is 23.9. The van der Waals surface area contributed by atoms with Crippen LogP contribution in [0.4, 0.5) is 23.0 Å². The molecule has 2 aromatic heterocycles. The minimum Gasteiger partial charge on any atom is -0.459 e. The van der Waals surface area contributed by atoms with Gasteiger partial charge in [-0.05, 0) is 64.7 Å². The summed E-state index contributed by atoms with van der Waals surface area (Å²) in [6.07, 6.45) is 3.39. The van der Waals surface area contributed by atoms with Crippen molar-refractivity contribution in [3.8, 4) is 11.3 Å². The number of likely N-dealkylation sites (N-methyl/N-ethyl adjacent to an activating group) is 2. The highest BCUT2D eigenvalue weighted by Gasteiger charge is 2.21. The number of aryl methyl sites for hydroxylation is 2. The van der Waals surface area contributed by atoms with Crippen molar-refractivity contribution < 1.29 is 14.5 Å². The van der Waals surface area contributed by atoms with Gasteiger partial charge in [0.15, 0.2) is 0 Å². The summed E-state index contributed by atoms with van der Waals surface area (Å²) in [4.78, 5) is 37.0. The fourth-order valence-electron chi connectivity index (χ4n) is 4.42. The highest BCUT2D eigenvalue weighted by molar-refractivity contribution is 6.00. The van der Waals surface area contributed by atoms with Crippen LogP contribution in [-0.4, -0.2) is 70.7 Å². The van der Waals surface area contributed by atoms with Crippen LogP contribution in [0.3, 0.4) is 0 Å². The number of esters is 1. The quantitative estimate of drug-likeness (QED) is 0.146. The fourth-order valence-corrected chi connectivity index (χ4v) is 4.42. The first-order valence-corrected chi connectivity index (χ1v) is 13.0. The van der Waals surface area contributed by atoms with Crippen molar-refractivity contribution in [2.45, 2.75) is 34.3 Å². The van der Waals surface area contributed by atoms with Crippen molar-refractivity contribution >= 4 is 39.9 Å². The van der Waals surface area contributed by atoms with E-state index < -0.39 is 0 Å². The first-order valence-electron chi connectivity index (χ1n) is 13.0. The molecule has 0 fully saturated rings. The Hall–Kier alpha value is -4.51. The second-order valence-corrected chi connectivity index (χ2v) is 10.4. The van der Waals surface area contributed by atoms with E-state index in [4.69, 9.17) is 9.72 Å². The smallest absolute Gasteiger partial charge is 0.338 e. The van der Waals surface area contributed by atoms with Gasteiger partial charge >= 0.3 is 5.97 Å². The third kappa shape index (κ3) is 6.98. The van der Waals surface area contributed by atoms with Gasteiger partial charge in [-0.2, -0.15) is 0 Å². The van der Waals surface area contributed by atoms with Crippen LogP contribution in [0.15, 0.2) is 48.8 Å².